The molecule has 1 heterocycles. The van der Waals surface area contributed by atoms with E-state index in [1.54, 1.807) is 97.1 Å². The third-order valence-electron chi connectivity index (χ3n) is 7.50. The molecule has 51 heavy (non-hydrogen) atoms. The Labute approximate surface area is 293 Å². The Hall–Kier alpha value is -5.92. The number of methoxy groups -OCH3 is 1. The number of esters is 1. The monoisotopic (exact) mass is 700 g/mol. The molecule has 0 radical (unpaired) electrons. The molecule has 1 saturated heterocycles. The van der Waals surface area contributed by atoms with Gasteiger partial charge in [-0.2, -0.15) is 0 Å². The summed E-state index contributed by atoms with van der Waals surface area (Å²) in [5.41, 5.74) is 2.22. The molecule has 4 aromatic carbocycles. The van der Waals surface area contributed by atoms with Crippen molar-refractivity contribution in [2.45, 2.75) is 50.5 Å². The van der Waals surface area contributed by atoms with Gasteiger partial charge in [0.15, 0.2) is 24.6 Å². The molecule has 1 aliphatic heterocycles. The SMILES string of the molecule is CO[C@H]1O[C@H](COC(=O)OCc2ccccc2)[C@@H](OC(=O)c2ccccc2)[C@H](OC(=O)OCc2ccccc2)[C@@H]1OC(=O)OCc1ccccc1. The van der Waals surface area contributed by atoms with Crippen molar-refractivity contribution >= 4 is 24.4 Å². The Bertz CT molecular complexity index is 1690. The Morgan fingerprint density at radius 2 is 0.941 bits per heavy atom. The quantitative estimate of drug-likeness (QED) is 0.112. The number of ether oxygens (including phenoxy) is 9. The van der Waals surface area contributed by atoms with E-state index < -0.39 is 61.7 Å². The van der Waals surface area contributed by atoms with Crippen molar-refractivity contribution in [3.05, 3.63) is 144 Å². The van der Waals surface area contributed by atoms with Crippen LogP contribution in [-0.4, -0.2) is 68.9 Å². The number of carbonyl (C=O) groups excluding carboxylic acids is 4. The summed E-state index contributed by atoms with van der Waals surface area (Å²) >= 11 is 0. The summed E-state index contributed by atoms with van der Waals surface area (Å²) in [5.74, 6) is -0.839. The molecule has 0 unspecified atom stereocenters. The smallest absolute Gasteiger partial charge is 0.452 e. The summed E-state index contributed by atoms with van der Waals surface area (Å²) in [7, 11) is 1.25. The second kappa shape index (κ2) is 18.7. The van der Waals surface area contributed by atoms with Crippen LogP contribution >= 0.6 is 0 Å². The molecular formula is C38H36O13. The maximum absolute atomic E-state index is 13.4. The second-order valence-electron chi connectivity index (χ2n) is 11.1. The Balaban J connectivity index is 1.38. The highest BCUT2D eigenvalue weighted by Gasteiger charge is 2.54. The Morgan fingerprint density at radius 1 is 0.510 bits per heavy atom. The van der Waals surface area contributed by atoms with Crippen molar-refractivity contribution < 1.29 is 61.8 Å². The molecule has 13 heteroatoms. The molecule has 1 fully saturated rings. The lowest BCUT2D eigenvalue weighted by molar-refractivity contribution is -0.296. The van der Waals surface area contributed by atoms with Crippen LogP contribution in [0.3, 0.4) is 0 Å². The summed E-state index contributed by atoms with van der Waals surface area (Å²) in [6.07, 6.45) is -10.9. The Kier molecular flexibility index (Phi) is 13.4. The fraction of sp³-hybridized carbons (Fsp3) is 0.263. The highest BCUT2D eigenvalue weighted by molar-refractivity contribution is 5.89. The zero-order chi connectivity index (χ0) is 35.8. The molecule has 5 atom stereocenters. The fourth-order valence-electron chi connectivity index (χ4n) is 5.00. The van der Waals surface area contributed by atoms with Crippen LogP contribution in [0.4, 0.5) is 14.4 Å². The number of carbonyl (C=O) groups is 4. The van der Waals surface area contributed by atoms with Gasteiger partial charge < -0.3 is 42.6 Å². The fourth-order valence-corrected chi connectivity index (χ4v) is 5.00. The first-order valence-corrected chi connectivity index (χ1v) is 15.9. The summed E-state index contributed by atoms with van der Waals surface area (Å²) in [6, 6.07) is 34.6. The van der Waals surface area contributed by atoms with Gasteiger partial charge in [0.1, 0.15) is 32.5 Å². The van der Waals surface area contributed by atoms with Crippen LogP contribution in [0, 0.1) is 0 Å². The number of hydrogen-bond donors (Lipinski definition) is 0. The highest BCUT2D eigenvalue weighted by atomic mass is 16.8. The molecule has 0 bridgehead atoms. The average Bonchev–Trinajstić information content (AvgIpc) is 3.17. The second-order valence-corrected chi connectivity index (χ2v) is 11.1. The van der Waals surface area contributed by atoms with Gasteiger partial charge in [-0.25, -0.2) is 19.2 Å². The van der Waals surface area contributed by atoms with Gasteiger partial charge >= 0.3 is 24.4 Å². The molecule has 5 rings (SSSR count). The van der Waals surface area contributed by atoms with Crippen molar-refractivity contribution in [1.82, 2.24) is 0 Å². The van der Waals surface area contributed by atoms with Gasteiger partial charge in [0.05, 0.1) is 5.56 Å². The highest BCUT2D eigenvalue weighted by Crippen LogP contribution is 2.31. The molecule has 0 saturated carbocycles. The molecule has 266 valence electrons. The van der Waals surface area contributed by atoms with Gasteiger partial charge in [-0.1, -0.05) is 109 Å². The average molecular weight is 701 g/mol. The van der Waals surface area contributed by atoms with Gasteiger partial charge in [0, 0.05) is 7.11 Å². The van der Waals surface area contributed by atoms with Crippen LogP contribution in [0.1, 0.15) is 27.0 Å². The van der Waals surface area contributed by atoms with Gasteiger partial charge in [-0.05, 0) is 28.8 Å². The third-order valence-corrected chi connectivity index (χ3v) is 7.50. The molecule has 1 aliphatic rings. The van der Waals surface area contributed by atoms with Gasteiger partial charge in [-0.15, -0.1) is 0 Å². The van der Waals surface area contributed by atoms with Crippen molar-refractivity contribution in [1.29, 1.82) is 0 Å². The summed E-state index contributed by atoms with van der Waals surface area (Å²) in [5, 5.41) is 0. The molecule has 0 spiro atoms. The number of hydrogen-bond acceptors (Lipinski definition) is 13. The topological polar surface area (TPSA) is 151 Å². The van der Waals surface area contributed by atoms with Crippen LogP contribution in [0.5, 0.6) is 0 Å². The maximum Gasteiger partial charge on any atom is 0.509 e. The minimum atomic E-state index is -1.61. The van der Waals surface area contributed by atoms with E-state index >= 15 is 0 Å². The van der Waals surface area contributed by atoms with Crippen molar-refractivity contribution in [2.75, 3.05) is 13.7 Å². The van der Waals surface area contributed by atoms with Crippen molar-refractivity contribution in [3.8, 4) is 0 Å². The van der Waals surface area contributed by atoms with Crippen LogP contribution in [0.15, 0.2) is 121 Å². The van der Waals surface area contributed by atoms with E-state index in [1.807, 2.05) is 12.1 Å². The summed E-state index contributed by atoms with van der Waals surface area (Å²) in [6.45, 7) is -0.915. The Morgan fingerprint density at radius 3 is 1.41 bits per heavy atom. The number of rotatable bonds is 13. The van der Waals surface area contributed by atoms with Crippen LogP contribution in [0.25, 0.3) is 0 Å². The van der Waals surface area contributed by atoms with E-state index in [9.17, 15) is 19.2 Å². The van der Waals surface area contributed by atoms with Crippen molar-refractivity contribution in [2.24, 2.45) is 0 Å². The van der Waals surface area contributed by atoms with Gasteiger partial charge in [0.25, 0.3) is 0 Å². The lowest BCUT2D eigenvalue weighted by atomic mass is 9.98. The number of benzene rings is 4. The zero-order valence-electron chi connectivity index (χ0n) is 27.6. The molecule has 0 aromatic heterocycles. The maximum atomic E-state index is 13.4. The normalized spacial score (nSPS) is 19.5. The standard InChI is InChI=1S/C38H36O13/c1-43-35-33(51-38(42)46-24-28-18-10-4-11-19-28)32(50-37(41)45-23-27-16-8-3-9-17-27)31(49-34(39)29-20-12-5-13-21-29)30(48-35)25-47-36(40)44-22-26-14-6-2-7-15-26/h2-21,30-33,35H,22-25H2,1H3/t30-,31-,32+,33+,35+/m1/s1. The van der Waals surface area contributed by atoms with E-state index in [0.29, 0.717) is 11.1 Å². The molecule has 4 aromatic rings. The third kappa shape index (κ3) is 11.0. The molecule has 0 amide bonds. The predicted octanol–water partition coefficient (Wildman–Crippen LogP) is 6.38. The minimum absolute atomic E-state index is 0.0711. The molecule has 0 aliphatic carbocycles. The van der Waals surface area contributed by atoms with Gasteiger partial charge in [0.2, 0.25) is 0 Å². The van der Waals surface area contributed by atoms with E-state index in [4.69, 9.17) is 42.6 Å². The van der Waals surface area contributed by atoms with E-state index in [1.165, 1.54) is 19.2 Å². The predicted molar refractivity (Wildman–Crippen MR) is 177 cm³/mol. The lowest BCUT2D eigenvalue weighted by Crippen LogP contribution is -2.63. The van der Waals surface area contributed by atoms with E-state index in [2.05, 4.69) is 0 Å². The lowest BCUT2D eigenvalue weighted by Gasteiger charge is -2.43. The molecule has 13 nitrogen and oxygen atoms in total. The van der Waals surface area contributed by atoms with E-state index in [-0.39, 0.29) is 25.4 Å². The minimum Gasteiger partial charge on any atom is -0.452 e. The van der Waals surface area contributed by atoms with E-state index in [0.717, 1.165) is 5.56 Å². The first-order valence-electron chi connectivity index (χ1n) is 15.9. The summed E-state index contributed by atoms with van der Waals surface area (Å²) < 4.78 is 49.9. The first-order chi connectivity index (χ1) is 24.9. The van der Waals surface area contributed by atoms with Crippen LogP contribution in [0.2, 0.25) is 0 Å². The van der Waals surface area contributed by atoms with Crippen molar-refractivity contribution in [3.63, 3.8) is 0 Å². The van der Waals surface area contributed by atoms with Crippen LogP contribution in [-0.2, 0) is 62.5 Å². The van der Waals surface area contributed by atoms with Gasteiger partial charge in [-0.3, -0.25) is 0 Å². The van der Waals surface area contributed by atoms with Crippen LogP contribution < -0.4 is 0 Å². The molecular weight excluding hydrogens is 664 g/mol. The zero-order valence-corrected chi connectivity index (χ0v) is 27.6. The largest absolute Gasteiger partial charge is 0.509 e. The first kappa shape index (κ1) is 36.4. The molecule has 0 N–H and O–H groups in total. The summed E-state index contributed by atoms with van der Waals surface area (Å²) in [4.78, 5) is 52.2.